The Morgan fingerprint density at radius 2 is 1.62 bits per heavy atom. The third-order valence-corrected chi connectivity index (χ3v) is 3.36. The number of hydrogen-bond acceptors (Lipinski definition) is 5. The Kier molecular flexibility index (Phi) is 5.09. The lowest BCUT2D eigenvalue weighted by atomic mass is 10.2. The predicted octanol–water partition coefficient (Wildman–Crippen LogP) is 2.41. The molecule has 0 saturated carbocycles. The standard InChI is InChI=1S/C18H17N5O/c24-17(20-10-14-6-2-1-3-7-14)15-11-21-18(22-12-15)23-13-16-8-4-5-9-19-16/h1-9,11-12H,10,13H2,(H,20,24)(H,21,22,23). The number of aromatic nitrogens is 3. The van der Waals surface area contributed by atoms with Crippen molar-refractivity contribution in [2.75, 3.05) is 5.32 Å². The van der Waals surface area contributed by atoms with Crippen molar-refractivity contribution in [3.63, 3.8) is 0 Å². The zero-order valence-corrected chi connectivity index (χ0v) is 13.0. The highest BCUT2D eigenvalue weighted by Gasteiger charge is 2.07. The molecule has 2 aromatic heterocycles. The van der Waals surface area contributed by atoms with E-state index in [-0.39, 0.29) is 5.91 Å². The Labute approximate surface area is 140 Å². The van der Waals surface area contributed by atoms with Gasteiger partial charge < -0.3 is 10.6 Å². The summed E-state index contributed by atoms with van der Waals surface area (Å²) in [4.78, 5) is 24.6. The molecular weight excluding hydrogens is 302 g/mol. The fraction of sp³-hybridized carbons (Fsp3) is 0.111. The number of anilines is 1. The van der Waals surface area contributed by atoms with E-state index in [2.05, 4.69) is 25.6 Å². The molecule has 2 N–H and O–H groups in total. The van der Waals surface area contributed by atoms with Gasteiger partial charge in [0.15, 0.2) is 0 Å². The minimum atomic E-state index is -0.199. The molecule has 0 spiro atoms. The second-order valence-electron chi connectivity index (χ2n) is 5.14. The molecule has 1 aromatic carbocycles. The lowest BCUT2D eigenvalue weighted by molar-refractivity contribution is 0.0950. The van der Waals surface area contributed by atoms with Crippen molar-refractivity contribution in [2.45, 2.75) is 13.1 Å². The predicted molar refractivity (Wildman–Crippen MR) is 91.2 cm³/mol. The van der Waals surface area contributed by atoms with Gasteiger partial charge >= 0.3 is 0 Å². The first-order chi connectivity index (χ1) is 11.8. The first-order valence-electron chi connectivity index (χ1n) is 7.59. The van der Waals surface area contributed by atoms with E-state index in [1.165, 1.54) is 12.4 Å². The second kappa shape index (κ2) is 7.82. The summed E-state index contributed by atoms with van der Waals surface area (Å²) in [6, 6.07) is 15.4. The summed E-state index contributed by atoms with van der Waals surface area (Å²) in [5.74, 6) is 0.260. The van der Waals surface area contributed by atoms with Crippen LogP contribution in [-0.2, 0) is 13.1 Å². The van der Waals surface area contributed by atoms with E-state index >= 15 is 0 Å². The lowest BCUT2D eigenvalue weighted by Crippen LogP contribution is -2.23. The van der Waals surface area contributed by atoms with E-state index in [9.17, 15) is 4.79 Å². The summed E-state index contributed by atoms with van der Waals surface area (Å²) in [6.45, 7) is 1.000. The molecule has 3 aromatic rings. The highest BCUT2D eigenvalue weighted by atomic mass is 16.1. The molecule has 0 atom stereocenters. The first kappa shape index (κ1) is 15.6. The van der Waals surface area contributed by atoms with Gasteiger partial charge in [-0.25, -0.2) is 9.97 Å². The Balaban J connectivity index is 1.53. The topological polar surface area (TPSA) is 79.8 Å². The molecule has 0 fully saturated rings. The summed E-state index contributed by atoms with van der Waals surface area (Å²) >= 11 is 0. The molecule has 0 bridgehead atoms. The largest absolute Gasteiger partial charge is 0.349 e. The fourth-order valence-corrected chi connectivity index (χ4v) is 2.09. The van der Waals surface area contributed by atoms with Gasteiger partial charge in [0.2, 0.25) is 5.95 Å². The Hall–Kier alpha value is -3.28. The van der Waals surface area contributed by atoms with E-state index in [1.807, 2.05) is 48.5 Å². The van der Waals surface area contributed by atoms with E-state index in [4.69, 9.17) is 0 Å². The van der Waals surface area contributed by atoms with Gasteiger partial charge in [0.05, 0.1) is 17.8 Å². The molecule has 0 aliphatic carbocycles. The number of rotatable bonds is 6. The molecule has 6 heteroatoms. The Bertz CT molecular complexity index is 776. The number of amides is 1. The highest BCUT2D eigenvalue weighted by molar-refractivity contribution is 5.93. The monoisotopic (exact) mass is 319 g/mol. The van der Waals surface area contributed by atoms with Crippen LogP contribution in [0.2, 0.25) is 0 Å². The maximum absolute atomic E-state index is 12.1. The molecule has 0 saturated heterocycles. The third kappa shape index (κ3) is 4.36. The van der Waals surface area contributed by atoms with Gasteiger partial charge in [-0.15, -0.1) is 0 Å². The zero-order chi connectivity index (χ0) is 16.6. The van der Waals surface area contributed by atoms with Gasteiger partial charge in [0, 0.05) is 25.1 Å². The maximum atomic E-state index is 12.1. The molecule has 0 unspecified atom stereocenters. The van der Waals surface area contributed by atoms with Crippen molar-refractivity contribution in [3.8, 4) is 0 Å². The van der Waals surface area contributed by atoms with Crippen molar-refractivity contribution in [2.24, 2.45) is 0 Å². The minimum Gasteiger partial charge on any atom is -0.349 e. The van der Waals surface area contributed by atoms with Crippen LogP contribution in [0.3, 0.4) is 0 Å². The van der Waals surface area contributed by atoms with Crippen molar-refractivity contribution >= 4 is 11.9 Å². The number of carbonyl (C=O) groups excluding carboxylic acids is 1. The third-order valence-electron chi connectivity index (χ3n) is 3.36. The van der Waals surface area contributed by atoms with Crippen LogP contribution in [0.15, 0.2) is 67.1 Å². The molecular formula is C18H17N5O. The molecule has 24 heavy (non-hydrogen) atoms. The van der Waals surface area contributed by atoms with Gasteiger partial charge in [-0.3, -0.25) is 9.78 Å². The average Bonchev–Trinajstić information content (AvgIpc) is 2.66. The summed E-state index contributed by atoms with van der Waals surface area (Å²) < 4.78 is 0. The first-order valence-corrected chi connectivity index (χ1v) is 7.59. The van der Waals surface area contributed by atoms with E-state index in [1.54, 1.807) is 6.20 Å². The number of hydrogen-bond donors (Lipinski definition) is 2. The number of nitrogens with zero attached hydrogens (tertiary/aromatic N) is 3. The highest BCUT2D eigenvalue weighted by Crippen LogP contribution is 2.04. The van der Waals surface area contributed by atoms with E-state index in [0.29, 0.717) is 24.6 Å². The van der Waals surface area contributed by atoms with Crippen LogP contribution in [0.5, 0.6) is 0 Å². The van der Waals surface area contributed by atoms with Crippen LogP contribution in [0.25, 0.3) is 0 Å². The van der Waals surface area contributed by atoms with Crippen molar-refractivity contribution in [1.29, 1.82) is 0 Å². The summed E-state index contributed by atoms with van der Waals surface area (Å²) in [6.07, 6.45) is 4.75. The molecule has 3 rings (SSSR count). The zero-order valence-electron chi connectivity index (χ0n) is 13.0. The average molecular weight is 319 g/mol. The minimum absolute atomic E-state index is 0.199. The van der Waals surface area contributed by atoms with Crippen LogP contribution in [0.4, 0.5) is 5.95 Å². The van der Waals surface area contributed by atoms with Gasteiger partial charge in [-0.2, -0.15) is 0 Å². The molecule has 120 valence electrons. The molecule has 0 radical (unpaired) electrons. The van der Waals surface area contributed by atoms with Crippen LogP contribution in [-0.4, -0.2) is 20.9 Å². The quantitative estimate of drug-likeness (QED) is 0.729. The molecule has 1 amide bonds. The van der Waals surface area contributed by atoms with Crippen LogP contribution in [0.1, 0.15) is 21.6 Å². The van der Waals surface area contributed by atoms with Crippen molar-refractivity contribution in [3.05, 3.63) is 83.9 Å². The lowest BCUT2D eigenvalue weighted by Gasteiger charge is -2.06. The van der Waals surface area contributed by atoms with Crippen molar-refractivity contribution < 1.29 is 4.79 Å². The van der Waals surface area contributed by atoms with Gasteiger partial charge in [0.1, 0.15) is 0 Å². The summed E-state index contributed by atoms with van der Waals surface area (Å²) in [5.41, 5.74) is 2.36. The van der Waals surface area contributed by atoms with Crippen molar-refractivity contribution in [1.82, 2.24) is 20.3 Å². The molecule has 6 nitrogen and oxygen atoms in total. The number of nitrogens with one attached hydrogen (secondary N) is 2. The maximum Gasteiger partial charge on any atom is 0.254 e. The summed E-state index contributed by atoms with van der Waals surface area (Å²) in [5, 5.41) is 5.91. The van der Waals surface area contributed by atoms with E-state index < -0.39 is 0 Å². The number of carbonyl (C=O) groups is 1. The normalized spacial score (nSPS) is 10.2. The Morgan fingerprint density at radius 1 is 0.875 bits per heavy atom. The fourth-order valence-electron chi connectivity index (χ4n) is 2.09. The van der Waals surface area contributed by atoms with Gasteiger partial charge in [0.25, 0.3) is 5.91 Å². The number of benzene rings is 1. The van der Waals surface area contributed by atoms with Crippen LogP contribution < -0.4 is 10.6 Å². The van der Waals surface area contributed by atoms with Gasteiger partial charge in [-0.1, -0.05) is 36.4 Å². The van der Waals surface area contributed by atoms with Crippen LogP contribution in [0, 0.1) is 0 Å². The Morgan fingerprint density at radius 3 is 2.33 bits per heavy atom. The van der Waals surface area contributed by atoms with Gasteiger partial charge in [-0.05, 0) is 17.7 Å². The summed E-state index contributed by atoms with van der Waals surface area (Å²) in [7, 11) is 0. The molecule has 0 aliphatic heterocycles. The van der Waals surface area contributed by atoms with Crippen LogP contribution >= 0.6 is 0 Å². The molecule has 2 heterocycles. The second-order valence-corrected chi connectivity index (χ2v) is 5.14. The smallest absolute Gasteiger partial charge is 0.254 e. The number of pyridine rings is 1. The SMILES string of the molecule is O=C(NCc1ccccc1)c1cnc(NCc2ccccn2)nc1. The molecule has 0 aliphatic rings. The van der Waals surface area contributed by atoms with E-state index in [0.717, 1.165) is 11.3 Å².